The fraction of sp³-hybridized carbons (Fsp3) is 0.259. The number of hydrogen-bond acceptors (Lipinski definition) is 4. The van der Waals surface area contributed by atoms with Crippen LogP contribution in [-0.4, -0.2) is 54.3 Å². The second kappa shape index (κ2) is 10.3. The van der Waals surface area contributed by atoms with Gasteiger partial charge >= 0.3 is 0 Å². The minimum Gasteiger partial charge on any atom is -0.457 e. The first-order valence-corrected chi connectivity index (χ1v) is 11.2. The summed E-state index contributed by atoms with van der Waals surface area (Å²) in [6.07, 6.45) is 0. The van der Waals surface area contributed by atoms with E-state index in [2.05, 4.69) is 10.2 Å². The number of para-hydroxylation sites is 1. The molecule has 33 heavy (non-hydrogen) atoms. The van der Waals surface area contributed by atoms with Gasteiger partial charge in [0.25, 0.3) is 5.91 Å². The van der Waals surface area contributed by atoms with Gasteiger partial charge in [0.2, 0.25) is 5.91 Å². The third-order valence-electron chi connectivity index (χ3n) is 5.99. The van der Waals surface area contributed by atoms with Crippen molar-refractivity contribution in [1.29, 1.82) is 0 Å². The molecule has 6 nitrogen and oxygen atoms in total. The molecule has 0 bridgehead atoms. The van der Waals surface area contributed by atoms with E-state index in [0.29, 0.717) is 44.0 Å². The van der Waals surface area contributed by atoms with Crippen molar-refractivity contribution < 1.29 is 14.3 Å². The highest BCUT2D eigenvalue weighted by atomic mass is 16.5. The molecule has 1 fully saturated rings. The molecule has 3 aromatic rings. The van der Waals surface area contributed by atoms with Crippen molar-refractivity contribution in [2.45, 2.75) is 13.8 Å². The summed E-state index contributed by atoms with van der Waals surface area (Å²) in [5.41, 5.74) is 3.73. The van der Waals surface area contributed by atoms with Gasteiger partial charge in [-0.25, -0.2) is 0 Å². The highest BCUT2D eigenvalue weighted by molar-refractivity contribution is 5.95. The van der Waals surface area contributed by atoms with Gasteiger partial charge in [-0.15, -0.1) is 0 Å². The molecule has 1 aliphatic rings. The standard InChI is InChI=1S/C27H29N3O3/c1-20-7-6-10-25(21(20)2)28-26(31)19-29-15-17-30(18-16-29)27(32)22-11-13-24(14-12-22)33-23-8-4-3-5-9-23/h3-14H,15-19H2,1-2H3,(H,28,31). The number of amides is 2. The maximum atomic E-state index is 12.9. The van der Waals surface area contributed by atoms with Gasteiger partial charge in [0, 0.05) is 37.4 Å². The first-order valence-electron chi connectivity index (χ1n) is 11.2. The Kier molecular flexibility index (Phi) is 7.05. The third-order valence-corrected chi connectivity index (χ3v) is 5.99. The van der Waals surface area contributed by atoms with Crippen molar-refractivity contribution in [2.24, 2.45) is 0 Å². The van der Waals surface area contributed by atoms with E-state index in [0.717, 1.165) is 22.6 Å². The topological polar surface area (TPSA) is 61.9 Å². The first kappa shape index (κ1) is 22.6. The lowest BCUT2D eigenvalue weighted by molar-refractivity contribution is -0.117. The number of benzene rings is 3. The number of piperazine rings is 1. The van der Waals surface area contributed by atoms with Crippen LogP contribution in [0.25, 0.3) is 0 Å². The van der Waals surface area contributed by atoms with Crippen LogP contribution in [0.15, 0.2) is 72.8 Å². The highest BCUT2D eigenvalue weighted by Crippen LogP contribution is 2.22. The van der Waals surface area contributed by atoms with Gasteiger partial charge in [0.05, 0.1) is 6.54 Å². The normalized spacial score (nSPS) is 14.1. The highest BCUT2D eigenvalue weighted by Gasteiger charge is 2.23. The van der Waals surface area contributed by atoms with Crippen LogP contribution >= 0.6 is 0 Å². The number of carbonyl (C=O) groups excluding carboxylic acids is 2. The molecule has 0 aliphatic carbocycles. The molecular formula is C27H29N3O3. The molecule has 6 heteroatoms. The van der Waals surface area contributed by atoms with Gasteiger partial charge in [-0.2, -0.15) is 0 Å². The van der Waals surface area contributed by atoms with Crippen molar-refractivity contribution in [3.8, 4) is 11.5 Å². The smallest absolute Gasteiger partial charge is 0.253 e. The summed E-state index contributed by atoms with van der Waals surface area (Å²) < 4.78 is 5.80. The number of nitrogens with zero attached hydrogens (tertiary/aromatic N) is 2. The van der Waals surface area contributed by atoms with Gasteiger partial charge in [-0.3, -0.25) is 14.5 Å². The van der Waals surface area contributed by atoms with Crippen LogP contribution in [0.1, 0.15) is 21.5 Å². The van der Waals surface area contributed by atoms with E-state index in [1.165, 1.54) is 0 Å². The fourth-order valence-corrected chi connectivity index (χ4v) is 3.86. The van der Waals surface area contributed by atoms with Crippen LogP contribution < -0.4 is 10.1 Å². The molecule has 0 saturated carbocycles. The number of nitrogens with one attached hydrogen (secondary N) is 1. The number of anilines is 1. The molecular weight excluding hydrogens is 414 g/mol. The van der Waals surface area contributed by atoms with Crippen LogP contribution in [0.5, 0.6) is 11.5 Å². The van der Waals surface area contributed by atoms with E-state index in [1.54, 1.807) is 12.1 Å². The van der Waals surface area contributed by atoms with E-state index in [9.17, 15) is 9.59 Å². The van der Waals surface area contributed by atoms with Crippen LogP contribution in [0.3, 0.4) is 0 Å². The molecule has 1 aliphatic heterocycles. The second-order valence-electron chi connectivity index (χ2n) is 8.30. The summed E-state index contributed by atoms with van der Waals surface area (Å²) in [6.45, 7) is 6.89. The van der Waals surface area contributed by atoms with Crippen molar-refractivity contribution in [1.82, 2.24) is 9.80 Å². The van der Waals surface area contributed by atoms with E-state index < -0.39 is 0 Å². The molecule has 1 N–H and O–H groups in total. The number of rotatable bonds is 6. The van der Waals surface area contributed by atoms with Crippen LogP contribution in [0.4, 0.5) is 5.69 Å². The Morgan fingerprint density at radius 2 is 1.48 bits per heavy atom. The summed E-state index contributed by atoms with van der Waals surface area (Å²) in [5.74, 6) is 1.42. The van der Waals surface area contributed by atoms with Gasteiger partial charge in [-0.1, -0.05) is 30.3 Å². The van der Waals surface area contributed by atoms with E-state index in [4.69, 9.17) is 4.74 Å². The van der Waals surface area contributed by atoms with Gasteiger partial charge in [-0.05, 0) is 67.4 Å². The van der Waals surface area contributed by atoms with Crippen molar-refractivity contribution >= 4 is 17.5 Å². The molecule has 4 rings (SSSR count). The average Bonchev–Trinajstić information content (AvgIpc) is 2.83. The van der Waals surface area contributed by atoms with Crippen molar-refractivity contribution in [3.63, 3.8) is 0 Å². The van der Waals surface area contributed by atoms with Crippen molar-refractivity contribution in [3.05, 3.63) is 89.5 Å². The Morgan fingerprint density at radius 1 is 0.818 bits per heavy atom. The predicted octanol–water partition coefficient (Wildman–Crippen LogP) is 4.49. The fourth-order valence-electron chi connectivity index (χ4n) is 3.86. The van der Waals surface area contributed by atoms with Crippen LogP contribution in [-0.2, 0) is 4.79 Å². The zero-order chi connectivity index (χ0) is 23.2. The Morgan fingerprint density at radius 3 is 2.18 bits per heavy atom. The Balaban J connectivity index is 1.26. The maximum Gasteiger partial charge on any atom is 0.253 e. The number of hydrogen-bond donors (Lipinski definition) is 1. The number of carbonyl (C=O) groups is 2. The molecule has 2 amide bonds. The number of ether oxygens (including phenoxy) is 1. The summed E-state index contributed by atoms with van der Waals surface area (Å²) in [7, 11) is 0. The minimum absolute atomic E-state index is 0.000693. The minimum atomic E-state index is -0.0301. The summed E-state index contributed by atoms with van der Waals surface area (Å²) in [6, 6.07) is 22.7. The molecule has 1 saturated heterocycles. The van der Waals surface area contributed by atoms with Gasteiger partial charge in [0.1, 0.15) is 11.5 Å². The lowest BCUT2D eigenvalue weighted by atomic mass is 10.1. The molecule has 170 valence electrons. The molecule has 0 aromatic heterocycles. The molecule has 1 heterocycles. The van der Waals surface area contributed by atoms with E-state index >= 15 is 0 Å². The van der Waals surface area contributed by atoms with Crippen molar-refractivity contribution in [2.75, 3.05) is 38.0 Å². The summed E-state index contributed by atoms with van der Waals surface area (Å²) >= 11 is 0. The Labute approximate surface area is 194 Å². The Bertz CT molecular complexity index is 1110. The molecule has 0 atom stereocenters. The molecule has 0 spiro atoms. The van der Waals surface area contributed by atoms with Gasteiger partial charge < -0.3 is 15.0 Å². The monoisotopic (exact) mass is 443 g/mol. The summed E-state index contributed by atoms with van der Waals surface area (Å²) in [4.78, 5) is 29.3. The van der Waals surface area contributed by atoms with Crippen LogP contribution in [0.2, 0.25) is 0 Å². The predicted molar refractivity (Wildman–Crippen MR) is 130 cm³/mol. The van der Waals surface area contributed by atoms with E-state index in [-0.39, 0.29) is 11.8 Å². The quantitative estimate of drug-likeness (QED) is 0.610. The van der Waals surface area contributed by atoms with Crippen LogP contribution in [0, 0.1) is 13.8 Å². The SMILES string of the molecule is Cc1cccc(NC(=O)CN2CCN(C(=O)c3ccc(Oc4ccccc4)cc3)CC2)c1C. The first-order chi connectivity index (χ1) is 16.0. The Hall–Kier alpha value is -3.64. The lowest BCUT2D eigenvalue weighted by Crippen LogP contribution is -2.50. The lowest BCUT2D eigenvalue weighted by Gasteiger charge is -2.34. The largest absolute Gasteiger partial charge is 0.457 e. The zero-order valence-corrected chi connectivity index (χ0v) is 19.1. The van der Waals surface area contributed by atoms with Gasteiger partial charge in [0.15, 0.2) is 0 Å². The average molecular weight is 444 g/mol. The second-order valence-corrected chi connectivity index (χ2v) is 8.30. The maximum absolute atomic E-state index is 12.9. The third kappa shape index (κ3) is 5.79. The molecule has 0 radical (unpaired) electrons. The molecule has 0 unspecified atom stereocenters. The zero-order valence-electron chi connectivity index (χ0n) is 19.1. The summed E-state index contributed by atoms with van der Waals surface area (Å²) in [5, 5.41) is 3.01. The number of aryl methyl sites for hydroxylation is 1. The molecule has 3 aromatic carbocycles. The van der Waals surface area contributed by atoms with E-state index in [1.807, 2.05) is 79.4 Å².